The molecule has 1 saturated heterocycles. The van der Waals surface area contributed by atoms with Crippen LogP contribution in [0.5, 0.6) is 0 Å². The monoisotopic (exact) mass is 444 g/mol. The lowest BCUT2D eigenvalue weighted by Gasteiger charge is -2.44. The number of carbonyl (C=O) groups is 3. The van der Waals surface area contributed by atoms with Crippen LogP contribution < -0.4 is 10.6 Å². The average Bonchev–Trinajstić information content (AvgIpc) is 2.64. The Morgan fingerprint density at radius 1 is 1.24 bits per heavy atom. The topological polar surface area (TPSA) is 116 Å². The molecule has 29 heavy (non-hydrogen) atoms. The van der Waals surface area contributed by atoms with Gasteiger partial charge in [-0.25, -0.2) is 8.42 Å². The maximum atomic E-state index is 12.7. The highest BCUT2D eigenvalue weighted by atomic mass is 35.5. The molecule has 2 rings (SSSR count). The van der Waals surface area contributed by atoms with Gasteiger partial charge in [-0.3, -0.25) is 14.4 Å². The zero-order chi connectivity index (χ0) is 21.8. The number of nitrogens with one attached hydrogen (secondary N) is 2. The van der Waals surface area contributed by atoms with Crippen LogP contribution in [0.1, 0.15) is 12.5 Å². The molecule has 0 saturated carbocycles. The van der Waals surface area contributed by atoms with Crippen molar-refractivity contribution in [3.63, 3.8) is 0 Å². The van der Waals surface area contributed by atoms with Crippen molar-refractivity contribution in [3.8, 4) is 0 Å². The number of halogens is 1. The van der Waals surface area contributed by atoms with Crippen molar-refractivity contribution in [2.45, 2.75) is 18.9 Å². The van der Waals surface area contributed by atoms with Crippen LogP contribution in [0.2, 0.25) is 5.02 Å². The molecule has 1 aromatic rings. The Bertz CT molecular complexity index is 907. The first-order chi connectivity index (χ1) is 13.4. The zero-order valence-electron chi connectivity index (χ0n) is 16.6. The van der Waals surface area contributed by atoms with Crippen molar-refractivity contribution in [3.05, 3.63) is 34.9 Å². The molecule has 0 bridgehead atoms. The number of likely N-dealkylation sites (N-methyl/N-ethyl adjacent to an activating group) is 1. The van der Waals surface area contributed by atoms with Gasteiger partial charge in [-0.15, -0.1) is 0 Å². The number of carbonyl (C=O) groups excluding carboxylic acids is 3. The molecule has 1 heterocycles. The molecule has 0 aliphatic carbocycles. The number of rotatable bonds is 7. The summed E-state index contributed by atoms with van der Waals surface area (Å²) in [5.74, 6) is -1.51. The van der Waals surface area contributed by atoms with Gasteiger partial charge >= 0.3 is 0 Å². The number of benzene rings is 1. The van der Waals surface area contributed by atoms with Crippen LogP contribution in [-0.4, -0.2) is 80.4 Å². The van der Waals surface area contributed by atoms with Crippen molar-refractivity contribution in [2.75, 3.05) is 39.5 Å². The molecule has 1 atom stereocenters. The van der Waals surface area contributed by atoms with Crippen molar-refractivity contribution in [2.24, 2.45) is 0 Å². The minimum atomic E-state index is -3.64. The number of nitrogens with zero attached hydrogens (tertiary/aromatic N) is 2. The van der Waals surface area contributed by atoms with Crippen molar-refractivity contribution >= 4 is 39.3 Å². The van der Waals surface area contributed by atoms with E-state index in [1.165, 1.54) is 18.9 Å². The third-order valence-corrected chi connectivity index (χ3v) is 6.52. The first-order valence-electron chi connectivity index (χ1n) is 8.95. The minimum Gasteiger partial charge on any atom is -0.354 e. The highest BCUT2D eigenvalue weighted by molar-refractivity contribution is 7.88. The second-order valence-corrected chi connectivity index (χ2v) is 9.52. The third-order valence-electron chi connectivity index (χ3n) is 4.95. The fourth-order valence-corrected chi connectivity index (χ4v) is 4.01. The van der Waals surface area contributed by atoms with Gasteiger partial charge in [-0.2, -0.15) is 4.31 Å². The van der Waals surface area contributed by atoms with E-state index >= 15 is 0 Å². The Balaban J connectivity index is 1.90. The lowest BCUT2D eigenvalue weighted by molar-refractivity contribution is -0.150. The van der Waals surface area contributed by atoms with E-state index in [0.29, 0.717) is 18.0 Å². The molecule has 1 fully saturated rings. The summed E-state index contributed by atoms with van der Waals surface area (Å²) in [6.45, 7) is 1.01. The lowest BCUT2D eigenvalue weighted by atomic mass is 9.96. The van der Waals surface area contributed by atoms with Gasteiger partial charge in [-0.1, -0.05) is 29.8 Å². The van der Waals surface area contributed by atoms with Gasteiger partial charge in [0, 0.05) is 25.2 Å². The predicted octanol–water partition coefficient (Wildman–Crippen LogP) is -0.393. The van der Waals surface area contributed by atoms with E-state index in [-0.39, 0.29) is 19.6 Å². The molecule has 9 nitrogen and oxygen atoms in total. The largest absolute Gasteiger partial charge is 0.354 e. The first-order valence-corrected chi connectivity index (χ1v) is 11.2. The molecule has 1 aliphatic rings. The van der Waals surface area contributed by atoms with Gasteiger partial charge < -0.3 is 15.5 Å². The summed E-state index contributed by atoms with van der Waals surface area (Å²) in [5.41, 5.74) is -0.523. The maximum absolute atomic E-state index is 12.7. The summed E-state index contributed by atoms with van der Waals surface area (Å²) < 4.78 is 24.6. The summed E-state index contributed by atoms with van der Waals surface area (Å²) >= 11 is 6.06. The Kier molecular flexibility index (Phi) is 7.25. The summed E-state index contributed by atoms with van der Waals surface area (Å²) in [6.07, 6.45) is 1.52. The van der Waals surface area contributed by atoms with Crippen LogP contribution in [0.15, 0.2) is 24.3 Å². The number of hydrogen-bond donors (Lipinski definition) is 2. The Hall–Kier alpha value is -2.17. The second-order valence-electron chi connectivity index (χ2n) is 7.13. The quantitative estimate of drug-likeness (QED) is 0.594. The second kappa shape index (κ2) is 9.10. The minimum absolute atomic E-state index is 0.186. The average molecular weight is 445 g/mol. The van der Waals surface area contributed by atoms with Crippen LogP contribution in [0.25, 0.3) is 0 Å². The lowest BCUT2D eigenvalue weighted by Crippen LogP contribution is -2.68. The van der Waals surface area contributed by atoms with Gasteiger partial charge in [0.1, 0.15) is 5.54 Å². The van der Waals surface area contributed by atoms with Gasteiger partial charge in [0.2, 0.25) is 27.7 Å². The Morgan fingerprint density at radius 2 is 1.90 bits per heavy atom. The molecular formula is C18H25ClN4O5S. The standard InChI is InChI=1S/C18H25ClN4O5S/c1-18(12-23(29(3,27)28)11-16(25)22(18)2)17(26)21-10-15(24)20-9-8-13-6-4-5-7-14(13)19/h4-7H,8-12H2,1-3H3,(H,20,24)(H,21,26)/t18-/m1/s1. The van der Waals surface area contributed by atoms with E-state index in [1.54, 1.807) is 6.07 Å². The van der Waals surface area contributed by atoms with E-state index in [0.717, 1.165) is 16.1 Å². The number of amides is 3. The smallest absolute Gasteiger partial charge is 0.247 e. The highest BCUT2D eigenvalue weighted by Gasteiger charge is 2.47. The van der Waals surface area contributed by atoms with E-state index in [1.807, 2.05) is 18.2 Å². The van der Waals surface area contributed by atoms with Gasteiger partial charge in [-0.05, 0) is 25.0 Å². The van der Waals surface area contributed by atoms with E-state index < -0.39 is 33.3 Å². The Morgan fingerprint density at radius 3 is 2.52 bits per heavy atom. The highest BCUT2D eigenvalue weighted by Crippen LogP contribution is 2.22. The fraction of sp³-hybridized carbons (Fsp3) is 0.500. The molecule has 1 aliphatic heterocycles. The Labute approximate surface area is 175 Å². The van der Waals surface area contributed by atoms with Crippen LogP contribution in [0.4, 0.5) is 0 Å². The molecule has 11 heteroatoms. The van der Waals surface area contributed by atoms with Crippen LogP contribution in [0, 0.1) is 0 Å². The molecule has 0 unspecified atom stereocenters. The molecule has 0 radical (unpaired) electrons. The third kappa shape index (κ3) is 5.68. The molecule has 2 N–H and O–H groups in total. The van der Waals surface area contributed by atoms with E-state index in [4.69, 9.17) is 11.6 Å². The number of sulfonamides is 1. The zero-order valence-corrected chi connectivity index (χ0v) is 18.1. The van der Waals surface area contributed by atoms with Crippen molar-refractivity contribution in [1.29, 1.82) is 0 Å². The van der Waals surface area contributed by atoms with Gasteiger partial charge in [0.05, 0.1) is 19.3 Å². The molecule has 160 valence electrons. The number of hydrogen-bond acceptors (Lipinski definition) is 5. The maximum Gasteiger partial charge on any atom is 0.247 e. The SMILES string of the molecule is CN1C(=O)CN(S(C)(=O)=O)C[C@]1(C)C(=O)NCC(=O)NCCc1ccccc1Cl. The summed E-state index contributed by atoms with van der Waals surface area (Å²) in [6, 6.07) is 7.30. The molecule has 3 amide bonds. The molecular weight excluding hydrogens is 420 g/mol. The van der Waals surface area contributed by atoms with Gasteiger partial charge in [0.15, 0.2) is 0 Å². The molecule has 1 aromatic carbocycles. The molecule has 0 spiro atoms. The van der Waals surface area contributed by atoms with Crippen molar-refractivity contribution < 1.29 is 22.8 Å². The normalized spacial score (nSPS) is 20.4. The van der Waals surface area contributed by atoms with Gasteiger partial charge in [0.25, 0.3) is 0 Å². The van der Waals surface area contributed by atoms with Crippen LogP contribution >= 0.6 is 11.6 Å². The van der Waals surface area contributed by atoms with E-state index in [9.17, 15) is 22.8 Å². The molecule has 0 aromatic heterocycles. The predicted molar refractivity (Wildman–Crippen MR) is 109 cm³/mol. The van der Waals surface area contributed by atoms with Crippen LogP contribution in [0.3, 0.4) is 0 Å². The first kappa shape index (κ1) is 23.1. The van der Waals surface area contributed by atoms with Crippen molar-refractivity contribution in [1.82, 2.24) is 19.8 Å². The van der Waals surface area contributed by atoms with Crippen LogP contribution in [-0.2, 0) is 30.8 Å². The van der Waals surface area contributed by atoms with E-state index in [2.05, 4.69) is 10.6 Å². The number of piperazine rings is 1. The summed E-state index contributed by atoms with van der Waals surface area (Å²) in [4.78, 5) is 38.1. The summed E-state index contributed by atoms with van der Waals surface area (Å²) in [5, 5.41) is 5.78. The fourth-order valence-electron chi connectivity index (χ4n) is 2.95. The summed E-state index contributed by atoms with van der Waals surface area (Å²) in [7, 11) is -2.21.